The Morgan fingerprint density at radius 1 is 1.14 bits per heavy atom. The second-order valence-corrected chi connectivity index (χ2v) is 6.12. The Bertz CT molecular complexity index is 238. The highest BCUT2D eigenvalue weighted by Gasteiger charge is 2.48. The molecule has 0 radical (unpaired) electrons. The molecule has 0 bridgehead atoms. The molecule has 2 nitrogen and oxygen atoms in total. The first-order chi connectivity index (χ1) is 6.43. The summed E-state index contributed by atoms with van der Waals surface area (Å²) in [6, 6.07) is 0. The molecule has 14 heavy (non-hydrogen) atoms. The molecule has 1 saturated heterocycles. The van der Waals surface area contributed by atoms with Gasteiger partial charge >= 0.3 is 0 Å². The van der Waals surface area contributed by atoms with Gasteiger partial charge in [-0.3, -0.25) is 4.79 Å². The molecule has 0 aromatic rings. The standard InChI is InChI=1S/C12H21NO/c1-11(2,3)10(14)13-8-12(9-13)6-4-5-7-12/h4-9H2,1-3H3. The van der Waals surface area contributed by atoms with Crippen LogP contribution in [0.1, 0.15) is 46.5 Å². The summed E-state index contributed by atoms with van der Waals surface area (Å²) in [7, 11) is 0. The number of nitrogens with zero attached hydrogens (tertiary/aromatic N) is 1. The van der Waals surface area contributed by atoms with Crippen LogP contribution in [0.4, 0.5) is 0 Å². The average molecular weight is 195 g/mol. The van der Waals surface area contributed by atoms with Crippen molar-refractivity contribution in [3.05, 3.63) is 0 Å². The molecule has 2 rings (SSSR count). The largest absolute Gasteiger partial charge is 0.341 e. The van der Waals surface area contributed by atoms with Crippen LogP contribution in [-0.2, 0) is 4.79 Å². The lowest BCUT2D eigenvalue weighted by Gasteiger charge is -2.50. The summed E-state index contributed by atoms with van der Waals surface area (Å²) in [6.07, 6.45) is 5.44. The van der Waals surface area contributed by atoms with E-state index >= 15 is 0 Å². The summed E-state index contributed by atoms with van der Waals surface area (Å²) in [5.74, 6) is 0.329. The Balaban J connectivity index is 1.91. The maximum atomic E-state index is 11.9. The highest BCUT2D eigenvalue weighted by Crippen LogP contribution is 2.46. The van der Waals surface area contributed by atoms with Gasteiger partial charge in [0.1, 0.15) is 0 Å². The van der Waals surface area contributed by atoms with Gasteiger partial charge in [-0.15, -0.1) is 0 Å². The normalized spacial score (nSPS) is 25.2. The fourth-order valence-corrected chi connectivity index (χ4v) is 2.82. The average Bonchev–Trinajstić information content (AvgIpc) is 2.46. The van der Waals surface area contributed by atoms with E-state index in [4.69, 9.17) is 0 Å². The number of amides is 1. The molecule has 0 N–H and O–H groups in total. The summed E-state index contributed by atoms with van der Waals surface area (Å²) in [5.41, 5.74) is 0.348. The molecule has 1 aliphatic heterocycles. The zero-order valence-electron chi connectivity index (χ0n) is 9.60. The van der Waals surface area contributed by atoms with E-state index in [1.54, 1.807) is 0 Å². The molecule has 0 unspecified atom stereocenters. The van der Waals surface area contributed by atoms with Crippen molar-refractivity contribution in [2.24, 2.45) is 10.8 Å². The van der Waals surface area contributed by atoms with E-state index in [2.05, 4.69) is 0 Å². The van der Waals surface area contributed by atoms with Crippen molar-refractivity contribution >= 4 is 5.91 Å². The number of hydrogen-bond donors (Lipinski definition) is 0. The summed E-state index contributed by atoms with van der Waals surface area (Å²) in [4.78, 5) is 14.0. The summed E-state index contributed by atoms with van der Waals surface area (Å²) >= 11 is 0. The molecule has 1 spiro atoms. The van der Waals surface area contributed by atoms with Crippen LogP contribution in [0.25, 0.3) is 0 Å². The molecular formula is C12H21NO. The van der Waals surface area contributed by atoms with Crippen molar-refractivity contribution < 1.29 is 4.79 Å². The maximum absolute atomic E-state index is 11.9. The van der Waals surface area contributed by atoms with E-state index in [1.165, 1.54) is 25.7 Å². The van der Waals surface area contributed by atoms with Crippen LogP contribution in [-0.4, -0.2) is 23.9 Å². The van der Waals surface area contributed by atoms with Gasteiger partial charge in [-0.05, 0) is 12.8 Å². The molecule has 2 fully saturated rings. The molecule has 1 amide bonds. The first kappa shape index (κ1) is 10.0. The Kier molecular flexibility index (Phi) is 2.13. The molecular weight excluding hydrogens is 174 g/mol. The van der Waals surface area contributed by atoms with E-state index in [1.807, 2.05) is 25.7 Å². The zero-order chi connectivity index (χ0) is 10.4. The molecule has 80 valence electrons. The summed E-state index contributed by atoms with van der Waals surface area (Å²) in [6.45, 7) is 8.09. The van der Waals surface area contributed by atoms with Crippen LogP contribution in [0.3, 0.4) is 0 Å². The van der Waals surface area contributed by atoms with E-state index in [9.17, 15) is 4.79 Å². The Labute approximate surface area is 86.7 Å². The predicted molar refractivity (Wildman–Crippen MR) is 56.9 cm³/mol. The van der Waals surface area contributed by atoms with Crippen LogP contribution in [0.2, 0.25) is 0 Å². The third-order valence-corrected chi connectivity index (χ3v) is 3.65. The third-order valence-electron chi connectivity index (χ3n) is 3.65. The van der Waals surface area contributed by atoms with Crippen LogP contribution in [0, 0.1) is 10.8 Å². The quantitative estimate of drug-likeness (QED) is 0.581. The molecule has 1 saturated carbocycles. The van der Waals surface area contributed by atoms with Crippen molar-refractivity contribution in [2.75, 3.05) is 13.1 Å². The monoisotopic (exact) mass is 195 g/mol. The van der Waals surface area contributed by atoms with Gasteiger partial charge in [0.05, 0.1) is 0 Å². The fraction of sp³-hybridized carbons (Fsp3) is 0.917. The van der Waals surface area contributed by atoms with Crippen molar-refractivity contribution in [3.63, 3.8) is 0 Å². The highest BCUT2D eigenvalue weighted by atomic mass is 16.2. The number of rotatable bonds is 0. The molecule has 1 aliphatic carbocycles. The third kappa shape index (κ3) is 1.55. The number of carbonyl (C=O) groups excluding carboxylic acids is 1. The molecule has 1 heterocycles. The SMILES string of the molecule is CC(C)(C)C(=O)N1CC2(CCCC2)C1. The minimum Gasteiger partial charge on any atom is -0.341 e. The van der Waals surface area contributed by atoms with Crippen LogP contribution >= 0.6 is 0 Å². The van der Waals surface area contributed by atoms with Gasteiger partial charge in [0, 0.05) is 23.9 Å². The Morgan fingerprint density at radius 3 is 2.07 bits per heavy atom. The molecule has 0 aromatic heterocycles. The predicted octanol–water partition coefficient (Wildman–Crippen LogP) is 2.44. The van der Waals surface area contributed by atoms with Crippen molar-refractivity contribution in [2.45, 2.75) is 46.5 Å². The van der Waals surface area contributed by atoms with Crippen LogP contribution in [0.5, 0.6) is 0 Å². The molecule has 0 atom stereocenters. The van der Waals surface area contributed by atoms with E-state index in [0.29, 0.717) is 11.3 Å². The van der Waals surface area contributed by atoms with Gasteiger partial charge in [-0.25, -0.2) is 0 Å². The second kappa shape index (κ2) is 2.98. The summed E-state index contributed by atoms with van der Waals surface area (Å²) in [5, 5.41) is 0. The van der Waals surface area contributed by atoms with E-state index in [0.717, 1.165) is 13.1 Å². The Morgan fingerprint density at radius 2 is 1.64 bits per heavy atom. The van der Waals surface area contributed by atoms with Crippen LogP contribution in [0.15, 0.2) is 0 Å². The number of carbonyl (C=O) groups is 1. The topological polar surface area (TPSA) is 20.3 Å². The van der Waals surface area contributed by atoms with Gasteiger partial charge in [-0.2, -0.15) is 0 Å². The van der Waals surface area contributed by atoms with E-state index in [-0.39, 0.29) is 5.41 Å². The van der Waals surface area contributed by atoms with E-state index < -0.39 is 0 Å². The number of likely N-dealkylation sites (tertiary alicyclic amines) is 1. The minimum absolute atomic E-state index is 0.194. The smallest absolute Gasteiger partial charge is 0.227 e. The lowest BCUT2D eigenvalue weighted by Crippen LogP contribution is -2.59. The van der Waals surface area contributed by atoms with Gasteiger partial charge in [0.15, 0.2) is 0 Å². The van der Waals surface area contributed by atoms with Gasteiger partial charge < -0.3 is 4.90 Å². The summed E-state index contributed by atoms with van der Waals surface area (Å²) < 4.78 is 0. The number of hydrogen-bond acceptors (Lipinski definition) is 1. The maximum Gasteiger partial charge on any atom is 0.227 e. The molecule has 2 aliphatic rings. The second-order valence-electron chi connectivity index (χ2n) is 6.12. The zero-order valence-corrected chi connectivity index (χ0v) is 9.60. The van der Waals surface area contributed by atoms with Crippen molar-refractivity contribution in [1.82, 2.24) is 4.90 Å². The van der Waals surface area contributed by atoms with Gasteiger partial charge in [0.2, 0.25) is 5.91 Å². The molecule has 2 heteroatoms. The highest BCUT2D eigenvalue weighted by molar-refractivity contribution is 5.82. The van der Waals surface area contributed by atoms with Gasteiger partial charge in [0.25, 0.3) is 0 Å². The van der Waals surface area contributed by atoms with Crippen LogP contribution < -0.4 is 0 Å². The Hall–Kier alpha value is -0.530. The van der Waals surface area contributed by atoms with Gasteiger partial charge in [-0.1, -0.05) is 33.6 Å². The first-order valence-electron chi connectivity index (χ1n) is 5.72. The molecule has 0 aromatic carbocycles. The lowest BCUT2D eigenvalue weighted by atomic mass is 9.76. The first-order valence-corrected chi connectivity index (χ1v) is 5.72. The lowest BCUT2D eigenvalue weighted by molar-refractivity contribution is -0.151. The fourth-order valence-electron chi connectivity index (χ4n) is 2.82. The minimum atomic E-state index is -0.194. The van der Waals surface area contributed by atoms with Crippen molar-refractivity contribution in [3.8, 4) is 0 Å². The van der Waals surface area contributed by atoms with Crippen molar-refractivity contribution in [1.29, 1.82) is 0 Å².